The fraction of sp³-hybridized carbons (Fsp3) is 0.280. The summed E-state index contributed by atoms with van der Waals surface area (Å²) in [6.07, 6.45) is 5.18. The van der Waals surface area contributed by atoms with Gasteiger partial charge in [-0.2, -0.15) is 5.26 Å². The van der Waals surface area contributed by atoms with E-state index < -0.39 is 5.69 Å². The van der Waals surface area contributed by atoms with E-state index in [1.165, 1.54) is 9.13 Å². The summed E-state index contributed by atoms with van der Waals surface area (Å²) in [4.78, 5) is 31.8. The van der Waals surface area contributed by atoms with E-state index in [-0.39, 0.29) is 11.6 Å². The molecule has 0 unspecified atom stereocenters. The molecule has 1 fully saturated rings. The minimum Gasteiger partial charge on any atom is -0.495 e. The van der Waals surface area contributed by atoms with Crippen molar-refractivity contribution in [3.8, 4) is 17.5 Å². The molecule has 8 nitrogen and oxygen atoms in total. The predicted octanol–water partition coefficient (Wildman–Crippen LogP) is 3.39. The Labute approximate surface area is 189 Å². The molecule has 1 aliphatic rings. The number of imidazole rings is 1. The van der Waals surface area contributed by atoms with Gasteiger partial charge in [-0.3, -0.25) is 9.36 Å². The zero-order chi connectivity index (χ0) is 22.9. The topological polar surface area (TPSA) is 94.8 Å². The Kier molecular flexibility index (Phi) is 5.31. The van der Waals surface area contributed by atoms with Crippen LogP contribution in [-0.2, 0) is 6.54 Å². The number of para-hydroxylation sites is 2. The summed E-state index contributed by atoms with van der Waals surface area (Å²) in [6, 6.07) is 16.4. The van der Waals surface area contributed by atoms with Gasteiger partial charge < -0.3 is 9.30 Å². The number of hydrogen-bond donors (Lipinski definition) is 0. The number of benzene rings is 2. The van der Waals surface area contributed by atoms with Crippen LogP contribution >= 0.6 is 0 Å². The van der Waals surface area contributed by atoms with Gasteiger partial charge in [0, 0.05) is 12.6 Å². The molecule has 0 saturated heterocycles. The van der Waals surface area contributed by atoms with Crippen LogP contribution < -0.4 is 16.0 Å². The number of nitrogens with zero attached hydrogens (tertiary/aromatic N) is 5. The summed E-state index contributed by atoms with van der Waals surface area (Å²) in [6.45, 7) is 0.395. The van der Waals surface area contributed by atoms with Crippen molar-refractivity contribution in [2.45, 2.75) is 38.3 Å². The van der Waals surface area contributed by atoms with E-state index in [4.69, 9.17) is 10.00 Å². The number of rotatable bonds is 5. The first kappa shape index (κ1) is 20.8. The van der Waals surface area contributed by atoms with Gasteiger partial charge in [-0.05, 0) is 42.7 Å². The monoisotopic (exact) mass is 441 g/mol. The first-order valence-corrected chi connectivity index (χ1v) is 11.0. The van der Waals surface area contributed by atoms with Gasteiger partial charge in [0.05, 0.1) is 30.8 Å². The number of aromatic nitrogens is 4. The molecule has 0 spiro atoms. The van der Waals surface area contributed by atoms with Gasteiger partial charge in [-0.15, -0.1) is 0 Å². The largest absolute Gasteiger partial charge is 0.495 e. The van der Waals surface area contributed by atoms with Crippen LogP contribution in [0.4, 0.5) is 0 Å². The van der Waals surface area contributed by atoms with Crippen molar-refractivity contribution in [2.75, 3.05) is 7.11 Å². The van der Waals surface area contributed by atoms with E-state index in [0.29, 0.717) is 34.7 Å². The highest BCUT2D eigenvalue weighted by molar-refractivity contribution is 5.73. The van der Waals surface area contributed by atoms with Gasteiger partial charge >= 0.3 is 5.69 Å². The molecular formula is C25H23N5O3. The average molecular weight is 441 g/mol. The summed E-state index contributed by atoms with van der Waals surface area (Å²) in [5.74, 6) is 0.527. The number of ether oxygens (including phenoxy) is 1. The summed E-state index contributed by atoms with van der Waals surface area (Å²) >= 11 is 0. The van der Waals surface area contributed by atoms with Gasteiger partial charge in [0.25, 0.3) is 5.56 Å². The van der Waals surface area contributed by atoms with Crippen LogP contribution in [0.15, 0.2) is 64.4 Å². The highest BCUT2D eigenvalue weighted by Crippen LogP contribution is 2.29. The van der Waals surface area contributed by atoms with Crippen molar-refractivity contribution < 1.29 is 4.74 Å². The Bertz CT molecular complexity index is 1480. The first-order chi connectivity index (χ1) is 16.1. The molecule has 4 aromatic rings. The lowest BCUT2D eigenvalue weighted by molar-refractivity contribution is 0.411. The quantitative estimate of drug-likeness (QED) is 0.473. The van der Waals surface area contributed by atoms with Crippen molar-refractivity contribution in [1.29, 1.82) is 5.26 Å². The van der Waals surface area contributed by atoms with Crippen LogP contribution in [0.1, 0.15) is 42.9 Å². The Balaban J connectivity index is 1.77. The molecule has 2 aromatic carbocycles. The van der Waals surface area contributed by atoms with Gasteiger partial charge in [-0.25, -0.2) is 14.3 Å². The molecule has 5 rings (SSSR count). The molecular weight excluding hydrogens is 418 g/mol. The highest BCUT2D eigenvalue weighted by Gasteiger charge is 2.27. The lowest BCUT2D eigenvalue weighted by atomic mass is 10.1. The summed E-state index contributed by atoms with van der Waals surface area (Å²) in [7, 11) is 1.55. The zero-order valence-corrected chi connectivity index (χ0v) is 18.3. The molecule has 0 bridgehead atoms. The fourth-order valence-electron chi connectivity index (χ4n) is 4.67. The predicted molar refractivity (Wildman–Crippen MR) is 124 cm³/mol. The third kappa shape index (κ3) is 3.52. The molecule has 0 aliphatic heterocycles. The van der Waals surface area contributed by atoms with E-state index in [2.05, 4.69) is 11.1 Å². The molecule has 8 heteroatoms. The van der Waals surface area contributed by atoms with E-state index >= 15 is 0 Å². The minimum absolute atomic E-state index is 0.131. The fourth-order valence-corrected chi connectivity index (χ4v) is 4.67. The zero-order valence-electron chi connectivity index (χ0n) is 18.3. The van der Waals surface area contributed by atoms with E-state index in [1.54, 1.807) is 42.3 Å². The second kappa shape index (κ2) is 8.43. The molecule has 2 heterocycles. The number of nitriles is 1. The van der Waals surface area contributed by atoms with Crippen LogP contribution in [0.3, 0.4) is 0 Å². The second-order valence-electron chi connectivity index (χ2n) is 8.26. The Morgan fingerprint density at radius 3 is 2.52 bits per heavy atom. The first-order valence-electron chi connectivity index (χ1n) is 11.0. The maximum absolute atomic E-state index is 13.7. The average Bonchev–Trinajstić information content (AvgIpc) is 3.51. The van der Waals surface area contributed by atoms with E-state index in [0.717, 1.165) is 31.2 Å². The molecule has 0 N–H and O–H groups in total. The second-order valence-corrected chi connectivity index (χ2v) is 8.26. The van der Waals surface area contributed by atoms with Crippen LogP contribution in [0.25, 0.3) is 16.9 Å². The van der Waals surface area contributed by atoms with Crippen molar-refractivity contribution in [1.82, 2.24) is 18.7 Å². The third-order valence-corrected chi connectivity index (χ3v) is 6.30. The molecule has 2 aromatic heterocycles. The highest BCUT2D eigenvalue weighted by atomic mass is 16.5. The van der Waals surface area contributed by atoms with Gasteiger partial charge in [-0.1, -0.05) is 37.1 Å². The number of fused-ring (bicyclic) bond motifs is 1. The maximum Gasteiger partial charge on any atom is 0.337 e. The van der Waals surface area contributed by atoms with Crippen LogP contribution in [-0.4, -0.2) is 25.8 Å². The lowest BCUT2D eigenvalue weighted by Crippen LogP contribution is -2.42. The maximum atomic E-state index is 13.7. The van der Waals surface area contributed by atoms with Crippen LogP contribution in [0, 0.1) is 11.3 Å². The van der Waals surface area contributed by atoms with Gasteiger partial charge in [0.1, 0.15) is 5.75 Å². The summed E-state index contributed by atoms with van der Waals surface area (Å²) in [5.41, 5.74) is 2.00. The van der Waals surface area contributed by atoms with E-state index in [1.807, 2.05) is 24.3 Å². The van der Waals surface area contributed by atoms with E-state index in [9.17, 15) is 9.59 Å². The van der Waals surface area contributed by atoms with Gasteiger partial charge in [0.2, 0.25) is 0 Å². The Hall–Kier alpha value is -4.12. The third-order valence-electron chi connectivity index (χ3n) is 6.30. The summed E-state index contributed by atoms with van der Waals surface area (Å²) in [5, 5.41) is 9.05. The Morgan fingerprint density at radius 1 is 1.09 bits per heavy atom. The normalized spacial score (nSPS) is 13.9. The van der Waals surface area contributed by atoms with Crippen molar-refractivity contribution >= 4 is 11.2 Å². The van der Waals surface area contributed by atoms with Crippen molar-refractivity contribution in [3.63, 3.8) is 0 Å². The molecule has 0 atom stereocenters. The molecule has 0 radical (unpaired) electrons. The van der Waals surface area contributed by atoms with Gasteiger partial charge in [0.15, 0.2) is 11.2 Å². The number of hydrogen-bond acceptors (Lipinski definition) is 5. The molecule has 166 valence electrons. The lowest BCUT2D eigenvalue weighted by Gasteiger charge is -2.18. The molecule has 0 amide bonds. The standard InChI is InChI=1S/C25H23N5O3/c1-33-21-9-5-4-8-20(21)30-23-22(24(31)29(25(30)32)19-6-2-3-7-19)28(16-27-23)15-18-12-10-17(14-26)11-13-18/h4-5,8-13,16,19H,2-3,6-7,15H2,1H3. The summed E-state index contributed by atoms with van der Waals surface area (Å²) < 4.78 is 10.2. The van der Waals surface area contributed by atoms with Crippen molar-refractivity contribution in [2.24, 2.45) is 0 Å². The smallest absolute Gasteiger partial charge is 0.337 e. The minimum atomic E-state index is -0.396. The van der Waals surface area contributed by atoms with Crippen LogP contribution in [0.5, 0.6) is 5.75 Å². The molecule has 33 heavy (non-hydrogen) atoms. The molecule has 1 aliphatic carbocycles. The van der Waals surface area contributed by atoms with Crippen molar-refractivity contribution in [3.05, 3.63) is 86.8 Å². The number of methoxy groups -OCH3 is 1. The molecule has 1 saturated carbocycles. The SMILES string of the molecule is COc1ccccc1-n1c(=O)n(C2CCCC2)c(=O)c2c1ncn2Cc1ccc(C#N)cc1. The van der Waals surface area contributed by atoms with Crippen LogP contribution in [0.2, 0.25) is 0 Å². The Morgan fingerprint density at radius 2 is 1.82 bits per heavy atom.